The van der Waals surface area contributed by atoms with Crippen LogP contribution in [0.25, 0.3) is 22.2 Å². The Labute approximate surface area is 277 Å². The number of hydrogen-bond acceptors (Lipinski definition) is 7. The number of nitrogens with zero attached hydrogens (tertiary/aromatic N) is 3. The topological polar surface area (TPSA) is 96.7 Å². The molecule has 5 rings (SSSR count). The molecule has 0 saturated heterocycles. The summed E-state index contributed by atoms with van der Waals surface area (Å²) in [6.45, 7) is 14.4. The van der Waals surface area contributed by atoms with Gasteiger partial charge in [-0.2, -0.15) is 0 Å². The van der Waals surface area contributed by atoms with Crippen molar-refractivity contribution in [2.24, 2.45) is 0 Å². The van der Waals surface area contributed by atoms with E-state index in [1.54, 1.807) is 12.4 Å². The molecule has 0 saturated carbocycles. The van der Waals surface area contributed by atoms with Crippen molar-refractivity contribution in [3.05, 3.63) is 103 Å². The highest BCUT2D eigenvalue weighted by Crippen LogP contribution is 2.39. The number of fused-ring (bicyclic) bond motifs is 1. The van der Waals surface area contributed by atoms with Crippen molar-refractivity contribution >= 4 is 25.2 Å². The van der Waals surface area contributed by atoms with Crippen molar-refractivity contribution in [3.8, 4) is 28.4 Å². The van der Waals surface area contributed by atoms with Gasteiger partial charge in [-0.3, -0.25) is 4.98 Å². The van der Waals surface area contributed by atoms with Gasteiger partial charge < -0.3 is 28.8 Å². The van der Waals surface area contributed by atoms with Crippen LogP contribution in [0, 0.1) is 0 Å². The number of rotatable bonds is 13. The zero-order chi connectivity index (χ0) is 33.4. The Kier molecular flexibility index (Phi) is 10.6. The smallest absolute Gasteiger partial charge is 0.407 e. The summed E-state index contributed by atoms with van der Waals surface area (Å²) in [6, 6.07) is 22.6. The lowest BCUT2D eigenvalue weighted by molar-refractivity contribution is 0.0523. The molecule has 246 valence electrons. The van der Waals surface area contributed by atoms with E-state index in [4.69, 9.17) is 23.9 Å². The number of pyridine rings is 2. The number of alkyl carbamates (subject to hydrolysis) is 1. The number of amides is 1. The van der Waals surface area contributed by atoms with Crippen molar-refractivity contribution in [1.82, 2.24) is 19.9 Å². The fourth-order valence-electron chi connectivity index (χ4n) is 4.81. The molecule has 3 heterocycles. The number of benzene rings is 2. The van der Waals surface area contributed by atoms with Crippen LogP contribution in [-0.4, -0.2) is 40.9 Å². The van der Waals surface area contributed by atoms with Gasteiger partial charge in [0.1, 0.15) is 41.8 Å². The summed E-state index contributed by atoms with van der Waals surface area (Å²) < 4.78 is 26.1. The molecular formula is C37H44N4O5Si. The van der Waals surface area contributed by atoms with E-state index in [9.17, 15) is 4.79 Å². The molecule has 0 atom stereocenters. The molecule has 1 amide bonds. The first-order valence-electron chi connectivity index (χ1n) is 15.8. The molecule has 0 aliphatic carbocycles. The summed E-state index contributed by atoms with van der Waals surface area (Å²) in [5.41, 5.74) is 3.98. The lowest BCUT2D eigenvalue weighted by Crippen LogP contribution is -2.32. The van der Waals surface area contributed by atoms with Crippen LogP contribution in [0.5, 0.6) is 17.2 Å². The molecular weight excluding hydrogens is 609 g/mol. The van der Waals surface area contributed by atoms with Crippen molar-refractivity contribution in [1.29, 1.82) is 0 Å². The van der Waals surface area contributed by atoms with Gasteiger partial charge in [0, 0.05) is 50.9 Å². The summed E-state index contributed by atoms with van der Waals surface area (Å²) >= 11 is 0. The highest BCUT2D eigenvalue weighted by atomic mass is 28.3. The summed E-state index contributed by atoms with van der Waals surface area (Å²) in [4.78, 5) is 21.3. The SMILES string of the molecule is CC(C)(C)OC(=O)NCc1ccc(Oc2ccnc3c2c(-c2cncc(OCc4ccccc4)c2)cn3COCC[Si](C)(C)C)cc1. The first-order valence-corrected chi connectivity index (χ1v) is 19.6. The molecule has 3 aromatic heterocycles. The van der Waals surface area contributed by atoms with Crippen molar-refractivity contribution < 1.29 is 23.7 Å². The lowest BCUT2D eigenvalue weighted by atomic mass is 10.1. The molecule has 47 heavy (non-hydrogen) atoms. The van der Waals surface area contributed by atoms with Crippen LogP contribution in [-0.2, 0) is 29.4 Å². The molecule has 0 aliphatic rings. The largest absolute Gasteiger partial charge is 0.487 e. The average molecular weight is 653 g/mol. The molecule has 10 heteroatoms. The third-order valence-corrected chi connectivity index (χ3v) is 8.91. The van der Waals surface area contributed by atoms with E-state index in [-0.39, 0.29) is 0 Å². The third-order valence-electron chi connectivity index (χ3n) is 7.21. The normalized spacial score (nSPS) is 11.8. The van der Waals surface area contributed by atoms with E-state index in [2.05, 4.69) is 29.9 Å². The lowest BCUT2D eigenvalue weighted by Gasteiger charge is -2.19. The Morgan fingerprint density at radius 3 is 2.43 bits per heavy atom. The van der Waals surface area contributed by atoms with Gasteiger partial charge in [-0.1, -0.05) is 62.1 Å². The average Bonchev–Trinajstić information content (AvgIpc) is 3.41. The van der Waals surface area contributed by atoms with E-state index in [1.165, 1.54) is 0 Å². The predicted molar refractivity (Wildman–Crippen MR) is 187 cm³/mol. The Balaban J connectivity index is 1.40. The van der Waals surface area contributed by atoms with E-state index >= 15 is 0 Å². The maximum atomic E-state index is 12.1. The fraction of sp³-hybridized carbons (Fsp3) is 0.324. The van der Waals surface area contributed by atoms with Crippen LogP contribution in [0.15, 0.2) is 91.5 Å². The van der Waals surface area contributed by atoms with E-state index < -0.39 is 19.8 Å². The highest BCUT2D eigenvalue weighted by molar-refractivity contribution is 6.76. The number of carbonyl (C=O) groups is 1. The van der Waals surface area contributed by atoms with Crippen LogP contribution in [0.3, 0.4) is 0 Å². The summed E-state index contributed by atoms with van der Waals surface area (Å²) in [6.07, 6.45) is 6.88. The monoisotopic (exact) mass is 652 g/mol. The van der Waals surface area contributed by atoms with E-state index in [1.807, 2.05) is 104 Å². The van der Waals surface area contributed by atoms with Gasteiger partial charge in [-0.05, 0) is 62.2 Å². The number of aromatic nitrogens is 3. The zero-order valence-corrected chi connectivity index (χ0v) is 29.1. The first-order chi connectivity index (χ1) is 22.4. The second-order valence-corrected chi connectivity index (χ2v) is 19.3. The third kappa shape index (κ3) is 9.91. The number of carbonyl (C=O) groups excluding carboxylic acids is 1. The van der Waals surface area contributed by atoms with Gasteiger partial charge in [0.05, 0.1) is 11.6 Å². The van der Waals surface area contributed by atoms with Crippen LogP contribution in [0.1, 0.15) is 31.9 Å². The minimum atomic E-state index is -1.23. The molecule has 1 N–H and O–H groups in total. The Hall–Kier alpha value is -4.67. The fourth-order valence-corrected chi connectivity index (χ4v) is 5.56. The molecule has 0 unspecified atom stereocenters. The standard InChI is InChI=1S/C37H44N4O5Si/c1-37(2,3)46-36(42)40-21-27-12-14-30(15-13-27)45-33-16-17-39-35-34(33)32(24-41(35)26-43-18-19-47(4,5)6)29-20-31(23-38-22-29)44-25-28-10-8-7-9-11-28/h7-17,20,22-24H,18-19,21,25-26H2,1-6H3,(H,40,42). The van der Waals surface area contributed by atoms with Crippen LogP contribution < -0.4 is 14.8 Å². The Bertz CT molecular complexity index is 1780. The Morgan fingerprint density at radius 1 is 0.936 bits per heavy atom. The number of hydrogen-bond donors (Lipinski definition) is 1. The van der Waals surface area contributed by atoms with E-state index in [0.717, 1.165) is 39.3 Å². The maximum Gasteiger partial charge on any atom is 0.407 e. The highest BCUT2D eigenvalue weighted by Gasteiger charge is 2.19. The van der Waals surface area contributed by atoms with Gasteiger partial charge in [-0.15, -0.1) is 0 Å². The zero-order valence-electron chi connectivity index (χ0n) is 28.1. The summed E-state index contributed by atoms with van der Waals surface area (Å²) in [5, 5.41) is 3.64. The van der Waals surface area contributed by atoms with Crippen molar-refractivity contribution in [2.75, 3.05) is 6.61 Å². The first kappa shape index (κ1) is 33.7. The molecule has 0 bridgehead atoms. The molecule has 2 aromatic carbocycles. The van der Waals surface area contributed by atoms with Crippen LogP contribution in [0.2, 0.25) is 25.7 Å². The summed E-state index contributed by atoms with van der Waals surface area (Å²) in [7, 11) is -1.23. The molecule has 0 spiro atoms. The van der Waals surface area contributed by atoms with Crippen LogP contribution in [0.4, 0.5) is 4.79 Å². The van der Waals surface area contributed by atoms with E-state index in [0.29, 0.717) is 43.7 Å². The second kappa shape index (κ2) is 14.8. The van der Waals surface area contributed by atoms with Gasteiger partial charge in [0.15, 0.2) is 0 Å². The van der Waals surface area contributed by atoms with Gasteiger partial charge >= 0.3 is 6.09 Å². The molecule has 9 nitrogen and oxygen atoms in total. The Morgan fingerprint density at radius 2 is 1.70 bits per heavy atom. The maximum absolute atomic E-state index is 12.1. The number of ether oxygens (including phenoxy) is 4. The van der Waals surface area contributed by atoms with Gasteiger partial charge in [0.25, 0.3) is 0 Å². The molecule has 0 fully saturated rings. The molecule has 5 aromatic rings. The minimum absolute atomic E-state index is 0.342. The van der Waals surface area contributed by atoms with Crippen LogP contribution >= 0.6 is 0 Å². The van der Waals surface area contributed by atoms with Gasteiger partial charge in [-0.25, -0.2) is 9.78 Å². The molecule has 0 radical (unpaired) electrons. The van der Waals surface area contributed by atoms with Gasteiger partial charge in [0.2, 0.25) is 0 Å². The summed E-state index contributed by atoms with van der Waals surface area (Å²) in [5.74, 6) is 1.98. The number of nitrogens with one attached hydrogen (secondary N) is 1. The quantitative estimate of drug-likeness (QED) is 0.100. The second-order valence-electron chi connectivity index (χ2n) is 13.7. The van der Waals surface area contributed by atoms with Crippen molar-refractivity contribution in [2.45, 2.75) is 71.9 Å². The predicted octanol–water partition coefficient (Wildman–Crippen LogP) is 8.81. The minimum Gasteiger partial charge on any atom is -0.487 e. The molecule has 0 aliphatic heterocycles. The van der Waals surface area contributed by atoms with Crippen molar-refractivity contribution in [3.63, 3.8) is 0 Å².